The lowest BCUT2D eigenvalue weighted by Gasteiger charge is -2.36. The summed E-state index contributed by atoms with van der Waals surface area (Å²) in [6.45, 7) is 5.55. The van der Waals surface area contributed by atoms with E-state index in [4.69, 9.17) is 16.6 Å². The fourth-order valence-electron chi connectivity index (χ4n) is 2.89. The Morgan fingerprint density at radius 3 is 2.35 bits per heavy atom. The molecule has 1 aliphatic carbocycles. The molecule has 3 heterocycles. The van der Waals surface area contributed by atoms with Crippen LogP contribution in [0, 0.1) is 6.92 Å². The van der Waals surface area contributed by atoms with Gasteiger partial charge in [0.25, 0.3) is 0 Å². The summed E-state index contributed by atoms with van der Waals surface area (Å²) in [4.78, 5) is 22.3. The Hall–Kier alpha value is -1.95. The Morgan fingerprint density at radius 2 is 1.70 bits per heavy atom. The monoisotopic (exact) mass is 330 g/mol. The average molecular weight is 331 g/mol. The van der Waals surface area contributed by atoms with Gasteiger partial charge >= 0.3 is 0 Å². The van der Waals surface area contributed by atoms with Gasteiger partial charge in [-0.2, -0.15) is 0 Å². The van der Waals surface area contributed by atoms with Crippen molar-refractivity contribution in [2.24, 2.45) is 0 Å². The number of hydrogen-bond donors (Lipinski definition) is 0. The summed E-state index contributed by atoms with van der Waals surface area (Å²) in [5.74, 6) is 4.17. The summed E-state index contributed by atoms with van der Waals surface area (Å²) >= 11 is 6.18. The quantitative estimate of drug-likeness (QED) is 0.806. The van der Waals surface area contributed by atoms with Gasteiger partial charge in [-0.25, -0.2) is 19.9 Å². The third-order valence-electron chi connectivity index (χ3n) is 4.33. The van der Waals surface area contributed by atoms with Crippen LogP contribution in [0.15, 0.2) is 18.3 Å². The van der Waals surface area contributed by atoms with Crippen molar-refractivity contribution in [3.63, 3.8) is 0 Å². The van der Waals surface area contributed by atoms with Gasteiger partial charge in [-0.3, -0.25) is 0 Å². The summed E-state index contributed by atoms with van der Waals surface area (Å²) in [5.41, 5.74) is 0. The van der Waals surface area contributed by atoms with Gasteiger partial charge in [0.1, 0.15) is 28.4 Å². The van der Waals surface area contributed by atoms with Crippen molar-refractivity contribution in [1.82, 2.24) is 19.9 Å². The van der Waals surface area contributed by atoms with Crippen LogP contribution in [0.5, 0.6) is 0 Å². The van der Waals surface area contributed by atoms with E-state index in [1.807, 2.05) is 25.3 Å². The molecule has 0 atom stereocenters. The number of anilines is 2. The number of nitrogens with zero attached hydrogens (tertiary/aromatic N) is 6. The first-order valence-electron chi connectivity index (χ1n) is 8.03. The molecule has 0 spiro atoms. The maximum atomic E-state index is 6.18. The molecule has 1 saturated carbocycles. The summed E-state index contributed by atoms with van der Waals surface area (Å²) in [6, 6.07) is 3.84. The van der Waals surface area contributed by atoms with Crippen LogP contribution in [0.4, 0.5) is 11.6 Å². The largest absolute Gasteiger partial charge is 0.353 e. The fourth-order valence-corrected chi connectivity index (χ4v) is 3.08. The standard InChI is InChI=1S/C16H19ClN6/c1-11-18-5-4-14(19-11)22-6-8-23(9-7-22)15-10-13(17)20-16(21-15)12-2-3-12/h4-5,10,12H,2-3,6-9H2,1H3. The molecule has 0 radical (unpaired) electrons. The van der Waals surface area contributed by atoms with Crippen LogP contribution in [0.2, 0.25) is 5.15 Å². The van der Waals surface area contributed by atoms with Gasteiger partial charge in [0, 0.05) is 44.4 Å². The van der Waals surface area contributed by atoms with Gasteiger partial charge in [-0.1, -0.05) is 11.6 Å². The van der Waals surface area contributed by atoms with Gasteiger partial charge < -0.3 is 9.80 Å². The second-order valence-electron chi connectivity index (χ2n) is 6.12. The van der Waals surface area contributed by atoms with E-state index in [-0.39, 0.29) is 0 Å². The maximum absolute atomic E-state index is 6.18. The molecule has 0 N–H and O–H groups in total. The average Bonchev–Trinajstić information content (AvgIpc) is 3.39. The van der Waals surface area contributed by atoms with Crippen LogP contribution in [0.3, 0.4) is 0 Å². The third kappa shape index (κ3) is 3.22. The number of rotatable bonds is 3. The molecule has 2 aromatic heterocycles. The number of aromatic nitrogens is 4. The number of aryl methyl sites for hydroxylation is 1. The smallest absolute Gasteiger partial charge is 0.135 e. The molecule has 120 valence electrons. The van der Waals surface area contributed by atoms with Gasteiger partial charge in [0.15, 0.2) is 0 Å². The van der Waals surface area contributed by atoms with Gasteiger partial charge in [0.2, 0.25) is 0 Å². The van der Waals surface area contributed by atoms with Crippen LogP contribution < -0.4 is 9.80 Å². The Balaban J connectivity index is 1.47. The highest BCUT2D eigenvalue weighted by Gasteiger charge is 2.28. The number of piperazine rings is 1. The van der Waals surface area contributed by atoms with Crippen LogP contribution in [0.25, 0.3) is 0 Å². The van der Waals surface area contributed by atoms with E-state index in [1.165, 1.54) is 12.8 Å². The molecule has 2 aromatic rings. The van der Waals surface area contributed by atoms with E-state index in [2.05, 4.69) is 24.8 Å². The van der Waals surface area contributed by atoms with E-state index >= 15 is 0 Å². The molecule has 0 amide bonds. The summed E-state index contributed by atoms with van der Waals surface area (Å²) in [5, 5.41) is 0.547. The molecule has 7 heteroatoms. The SMILES string of the molecule is Cc1nccc(N2CCN(c3cc(Cl)nc(C4CC4)n3)CC2)n1. The molecule has 1 aliphatic heterocycles. The zero-order chi connectivity index (χ0) is 15.8. The Kier molecular flexibility index (Phi) is 3.77. The van der Waals surface area contributed by atoms with Gasteiger partial charge in [-0.05, 0) is 25.8 Å². The van der Waals surface area contributed by atoms with E-state index < -0.39 is 0 Å². The molecule has 0 unspecified atom stereocenters. The van der Waals surface area contributed by atoms with Crippen LogP contribution in [-0.2, 0) is 0 Å². The molecule has 1 saturated heterocycles. The topological polar surface area (TPSA) is 58.0 Å². The summed E-state index contributed by atoms with van der Waals surface area (Å²) in [7, 11) is 0. The molecule has 2 aliphatic rings. The molecule has 0 aromatic carbocycles. The number of hydrogen-bond acceptors (Lipinski definition) is 6. The third-order valence-corrected chi connectivity index (χ3v) is 4.52. The first-order chi connectivity index (χ1) is 11.2. The summed E-state index contributed by atoms with van der Waals surface area (Å²) < 4.78 is 0. The Bertz CT molecular complexity index is 709. The molecule has 2 fully saturated rings. The highest BCUT2D eigenvalue weighted by Crippen LogP contribution is 2.39. The zero-order valence-corrected chi connectivity index (χ0v) is 13.9. The molecule has 23 heavy (non-hydrogen) atoms. The summed E-state index contributed by atoms with van der Waals surface area (Å²) in [6.07, 6.45) is 4.18. The van der Waals surface area contributed by atoms with Crippen molar-refractivity contribution in [3.8, 4) is 0 Å². The second-order valence-corrected chi connectivity index (χ2v) is 6.50. The van der Waals surface area contributed by atoms with Crippen LogP contribution in [-0.4, -0.2) is 46.1 Å². The van der Waals surface area contributed by atoms with Gasteiger partial charge in [-0.15, -0.1) is 0 Å². The lowest BCUT2D eigenvalue weighted by molar-refractivity contribution is 0.637. The minimum Gasteiger partial charge on any atom is -0.353 e. The highest BCUT2D eigenvalue weighted by atomic mass is 35.5. The minimum atomic E-state index is 0.512. The van der Waals surface area contributed by atoms with E-state index in [0.29, 0.717) is 11.1 Å². The van der Waals surface area contributed by atoms with E-state index in [1.54, 1.807) is 0 Å². The first kappa shape index (κ1) is 14.6. The highest BCUT2D eigenvalue weighted by molar-refractivity contribution is 6.29. The lowest BCUT2D eigenvalue weighted by Crippen LogP contribution is -2.47. The second kappa shape index (κ2) is 5.92. The maximum Gasteiger partial charge on any atom is 0.135 e. The molecule has 0 bridgehead atoms. The Labute approximate surface area is 140 Å². The Morgan fingerprint density at radius 1 is 1.00 bits per heavy atom. The predicted octanol–water partition coefficient (Wildman–Crippen LogP) is 2.43. The van der Waals surface area contributed by atoms with E-state index in [9.17, 15) is 0 Å². The van der Waals surface area contributed by atoms with Gasteiger partial charge in [0.05, 0.1) is 0 Å². The first-order valence-corrected chi connectivity index (χ1v) is 8.41. The molecular weight excluding hydrogens is 312 g/mol. The van der Waals surface area contributed by atoms with Crippen molar-refractivity contribution < 1.29 is 0 Å². The van der Waals surface area contributed by atoms with Crippen molar-refractivity contribution in [3.05, 3.63) is 35.1 Å². The fraction of sp³-hybridized carbons (Fsp3) is 0.500. The van der Waals surface area contributed by atoms with Crippen molar-refractivity contribution in [2.75, 3.05) is 36.0 Å². The lowest BCUT2D eigenvalue weighted by atomic mass is 10.3. The predicted molar refractivity (Wildman–Crippen MR) is 90.2 cm³/mol. The van der Waals surface area contributed by atoms with E-state index in [0.717, 1.165) is 49.5 Å². The zero-order valence-electron chi connectivity index (χ0n) is 13.1. The van der Waals surface area contributed by atoms with Crippen LogP contribution in [0.1, 0.15) is 30.4 Å². The minimum absolute atomic E-state index is 0.512. The van der Waals surface area contributed by atoms with Crippen LogP contribution >= 0.6 is 11.6 Å². The normalized spacial score (nSPS) is 18.3. The molecule has 4 rings (SSSR count). The molecular formula is C16H19ClN6. The van der Waals surface area contributed by atoms with Crippen molar-refractivity contribution >= 4 is 23.2 Å². The van der Waals surface area contributed by atoms with Crippen molar-refractivity contribution in [2.45, 2.75) is 25.7 Å². The van der Waals surface area contributed by atoms with Crippen molar-refractivity contribution in [1.29, 1.82) is 0 Å². The molecule has 6 nitrogen and oxygen atoms in total. The number of halogens is 1.